The van der Waals surface area contributed by atoms with Crippen molar-refractivity contribution in [2.75, 3.05) is 6.54 Å². The van der Waals surface area contributed by atoms with Gasteiger partial charge in [0.1, 0.15) is 5.54 Å². The summed E-state index contributed by atoms with van der Waals surface area (Å²) in [7, 11) is 1.80. The van der Waals surface area contributed by atoms with Gasteiger partial charge in [-0.25, -0.2) is 9.78 Å². The standard InChI is InChI=1S/C15H18N4O3/c1-9-11-7-10(8-16-12(11)18(3)17-9)13(20)19-6-4-5-15(19,2)14(21)22/h7-8H,4-6H2,1-3H3,(H,21,22). The molecule has 7 nitrogen and oxygen atoms in total. The van der Waals surface area contributed by atoms with Gasteiger partial charge in [-0.3, -0.25) is 9.48 Å². The molecule has 0 aromatic carbocycles. The normalized spacial score (nSPS) is 21.5. The van der Waals surface area contributed by atoms with Gasteiger partial charge < -0.3 is 10.0 Å². The van der Waals surface area contributed by atoms with Crippen molar-refractivity contribution in [2.24, 2.45) is 7.05 Å². The predicted molar refractivity (Wildman–Crippen MR) is 79.6 cm³/mol. The summed E-state index contributed by atoms with van der Waals surface area (Å²) >= 11 is 0. The van der Waals surface area contributed by atoms with Gasteiger partial charge in [0.25, 0.3) is 5.91 Å². The van der Waals surface area contributed by atoms with Crippen molar-refractivity contribution in [2.45, 2.75) is 32.2 Å². The van der Waals surface area contributed by atoms with Crippen molar-refractivity contribution in [3.63, 3.8) is 0 Å². The second-order valence-corrected chi connectivity index (χ2v) is 5.94. The van der Waals surface area contributed by atoms with Crippen LogP contribution >= 0.6 is 0 Å². The summed E-state index contributed by atoms with van der Waals surface area (Å²) < 4.78 is 1.66. The molecule has 116 valence electrons. The van der Waals surface area contributed by atoms with Crippen LogP contribution < -0.4 is 0 Å². The number of amides is 1. The third-order valence-electron chi connectivity index (χ3n) is 4.46. The summed E-state index contributed by atoms with van der Waals surface area (Å²) in [6.45, 7) is 3.91. The zero-order chi connectivity index (χ0) is 16.1. The minimum absolute atomic E-state index is 0.292. The molecule has 1 unspecified atom stereocenters. The highest BCUT2D eigenvalue weighted by molar-refractivity contribution is 6.00. The maximum atomic E-state index is 12.7. The van der Waals surface area contributed by atoms with Crippen LogP contribution in [0.15, 0.2) is 12.3 Å². The number of hydrogen-bond donors (Lipinski definition) is 1. The van der Waals surface area contributed by atoms with Crippen LogP contribution in [0.5, 0.6) is 0 Å². The summed E-state index contributed by atoms with van der Waals surface area (Å²) in [5, 5.41) is 14.5. The molecule has 3 rings (SSSR count). The third kappa shape index (κ3) is 1.96. The first-order valence-electron chi connectivity index (χ1n) is 7.19. The number of likely N-dealkylation sites (tertiary alicyclic amines) is 1. The second-order valence-electron chi connectivity index (χ2n) is 5.94. The third-order valence-corrected chi connectivity index (χ3v) is 4.46. The first-order valence-corrected chi connectivity index (χ1v) is 7.19. The number of carbonyl (C=O) groups excluding carboxylic acids is 1. The Morgan fingerprint density at radius 2 is 2.14 bits per heavy atom. The number of hydrogen-bond acceptors (Lipinski definition) is 4. The van der Waals surface area contributed by atoms with E-state index in [2.05, 4.69) is 10.1 Å². The van der Waals surface area contributed by atoms with E-state index in [1.54, 1.807) is 24.7 Å². The molecule has 1 N–H and O–H groups in total. The molecule has 3 heterocycles. The van der Waals surface area contributed by atoms with Crippen LogP contribution in [0.3, 0.4) is 0 Å². The fraction of sp³-hybridized carbons (Fsp3) is 0.467. The SMILES string of the molecule is Cc1nn(C)c2ncc(C(=O)N3CCCC3(C)C(=O)O)cc12. The lowest BCUT2D eigenvalue weighted by Crippen LogP contribution is -2.50. The lowest BCUT2D eigenvalue weighted by Gasteiger charge is -2.31. The first-order chi connectivity index (χ1) is 10.3. The Morgan fingerprint density at radius 1 is 1.41 bits per heavy atom. The van der Waals surface area contributed by atoms with E-state index in [1.807, 2.05) is 6.92 Å². The molecule has 0 bridgehead atoms. The number of nitrogens with zero attached hydrogens (tertiary/aromatic N) is 4. The fourth-order valence-electron chi connectivity index (χ4n) is 3.09. The molecular weight excluding hydrogens is 284 g/mol. The van der Waals surface area contributed by atoms with E-state index in [9.17, 15) is 14.7 Å². The molecule has 2 aromatic heterocycles. The van der Waals surface area contributed by atoms with Crippen LogP contribution in [-0.4, -0.2) is 48.7 Å². The van der Waals surface area contributed by atoms with E-state index in [0.717, 1.165) is 11.1 Å². The Kier molecular flexibility index (Phi) is 3.16. The first kappa shape index (κ1) is 14.5. The maximum Gasteiger partial charge on any atom is 0.329 e. The number of carboxylic acids is 1. The van der Waals surface area contributed by atoms with E-state index < -0.39 is 11.5 Å². The summed E-state index contributed by atoms with van der Waals surface area (Å²) in [6.07, 6.45) is 2.65. The monoisotopic (exact) mass is 302 g/mol. The Bertz CT molecular complexity index is 782. The highest BCUT2D eigenvalue weighted by Crippen LogP contribution is 2.31. The highest BCUT2D eigenvalue weighted by Gasteiger charge is 2.46. The van der Waals surface area contributed by atoms with Gasteiger partial charge in [-0.2, -0.15) is 5.10 Å². The number of pyridine rings is 1. The van der Waals surface area contributed by atoms with Gasteiger partial charge in [0.2, 0.25) is 0 Å². The molecule has 1 fully saturated rings. The molecule has 7 heteroatoms. The number of carboxylic acid groups (broad SMARTS) is 1. The van der Waals surface area contributed by atoms with Gasteiger partial charge in [-0.1, -0.05) is 0 Å². The number of aryl methyl sites for hydroxylation is 2. The molecular formula is C15H18N4O3. The number of fused-ring (bicyclic) bond motifs is 1. The predicted octanol–water partition coefficient (Wildman–Crippen LogP) is 1.36. The minimum atomic E-state index is -1.14. The van der Waals surface area contributed by atoms with Gasteiger partial charge in [0, 0.05) is 25.2 Å². The molecule has 0 saturated carbocycles. The van der Waals surface area contributed by atoms with Crippen LogP contribution in [0.2, 0.25) is 0 Å². The van der Waals surface area contributed by atoms with Crippen molar-refractivity contribution in [1.29, 1.82) is 0 Å². The molecule has 1 amide bonds. The van der Waals surface area contributed by atoms with Crippen LogP contribution in [0.25, 0.3) is 11.0 Å². The van der Waals surface area contributed by atoms with Gasteiger partial charge in [0.05, 0.1) is 11.3 Å². The zero-order valence-corrected chi connectivity index (χ0v) is 12.8. The van der Waals surface area contributed by atoms with Gasteiger partial charge in [0.15, 0.2) is 5.65 Å². The Balaban J connectivity index is 2.02. The van der Waals surface area contributed by atoms with Crippen LogP contribution in [0.1, 0.15) is 35.8 Å². The number of rotatable bonds is 2. The topological polar surface area (TPSA) is 88.3 Å². The number of aromatic nitrogens is 3. The van der Waals surface area contributed by atoms with E-state index in [0.29, 0.717) is 30.6 Å². The largest absolute Gasteiger partial charge is 0.480 e. The van der Waals surface area contributed by atoms with E-state index in [4.69, 9.17) is 0 Å². The van der Waals surface area contributed by atoms with Crippen LogP contribution in [-0.2, 0) is 11.8 Å². The highest BCUT2D eigenvalue weighted by atomic mass is 16.4. The summed E-state index contributed by atoms with van der Waals surface area (Å²) in [5.41, 5.74) is 0.757. The van der Waals surface area contributed by atoms with Gasteiger partial charge in [-0.05, 0) is 32.8 Å². The Hall–Kier alpha value is -2.44. The van der Waals surface area contributed by atoms with Crippen LogP contribution in [0.4, 0.5) is 0 Å². The minimum Gasteiger partial charge on any atom is -0.480 e. The average Bonchev–Trinajstić information content (AvgIpc) is 3.00. The van der Waals surface area contributed by atoms with E-state index in [1.165, 1.54) is 11.1 Å². The number of aliphatic carboxylic acids is 1. The van der Waals surface area contributed by atoms with Gasteiger partial charge >= 0.3 is 5.97 Å². The second kappa shape index (κ2) is 4.79. The number of carbonyl (C=O) groups is 2. The lowest BCUT2D eigenvalue weighted by molar-refractivity contribution is -0.147. The van der Waals surface area contributed by atoms with Gasteiger partial charge in [-0.15, -0.1) is 0 Å². The molecule has 0 aliphatic carbocycles. The lowest BCUT2D eigenvalue weighted by atomic mass is 9.98. The average molecular weight is 302 g/mol. The Morgan fingerprint density at radius 3 is 2.82 bits per heavy atom. The molecule has 22 heavy (non-hydrogen) atoms. The summed E-state index contributed by atoms with van der Waals surface area (Å²) in [5.74, 6) is -1.26. The molecule has 0 radical (unpaired) electrons. The molecule has 1 atom stereocenters. The Labute approximate surface area is 127 Å². The van der Waals surface area contributed by atoms with Crippen molar-refractivity contribution in [3.05, 3.63) is 23.5 Å². The molecule has 0 spiro atoms. The van der Waals surface area contributed by atoms with E-state index in [-0.39, 0.29) is 5.91 Å². The van der Waals surface area contributed by atoms with Crippen molar-refractivity contribution in [1.82, 2.24) is 19.7 Å². The van der Waals surface area contributed by atoms with E-state index >= 15 is 0 Å². The smallest absolute Gasteiger partial charge is 0.329 e. The summed E-state index contributed by atoms with van der Waals surface area (Å²) in [4.78, 5) is 30.0. The van der Waals surface area contributed by atoms with Crippen molar-refractivity contribution in [3.8, 4) is 0 Å². The zero-order valence-electron chi connectivity index (χ0n) is 12.8. The molecule has 1 aliphatic rings. The molecule has 1 aliphatic heterocycles. The summed E-state index contributed by atoms with van der Waals surface area (Å²) in [6, 6.07) is 1.74. The maximum absolute atomic E-state index is 12.7. The van der Waals surface area contributed by atoms with Crippen molar-refractivity contribution < 1.29 is 14.7 Å². The van der Waals surface area contributed by atoms with Crippen molar-refractivity contribution >= 4 is 22.9 Å². The molecule has 2 aromatic rings. The fourth-order valence-corrected chi connectivity index (χ4v) is 3.09. The quantitative estimate of drug-likeness (QED) is 0.904. The van der Waals surface area contributed by atoms with Crippen LogP contribution in [0, 0.1) is 6.92 Å². The molecule has 1 saturated heterocycles.